The summed E-state index contributed by atoms with van der Waals surface area (Å²) in [7, 11) is -2.28. The van der Waals surface area contributed by atoms with Crippen molar-refractivity contribution in [3.8, 4) is 5.75 Å². The van der Waals surface area contributed by atoms with Crippen LogP contribution in [-0.4, -0.2) is 49.0 Å². The summed E-state index contributed by atoms with van der Waals surface area (Å²) in [5, 5.41) is 7.95. The van der Waals surface area contributed by atoms with Crippen molar-refractivity contribution in [1.82, 2.24) is 14.5 Å². The lowest BCUT2D eigenvalue weighted by atomic mass is 10.0. The molecule has 158 valence electrons. The number of carbonyl (C=O) groups is 1. The molecule has 9 heteroatoms. The van der Waals surface area contributed by atoms with Crippen LogP contribution in [0, 0.1) is 0 Å². The number of primary amides is 1. The number of sulfonamides is 1. The van der Waals surface area contributed by atoms with Gasteiger partial charge in [-0.15, -0.1) is 0 Å². The molecule has 0 spiro atoms. The number of nitrogens with zero attached hydrogens (tertiary/aromatic N) is 2. The van der Waals surface area contributed by atoms with Gasteiger partial charge in [0.1, 0.15) is 5.75 Å². The van der Waals surface area contributed by atoms with Gasteiger partial charge in [-0.3, -0.25) is 9.89 Å². The van der Waals surface area contributed by atoms with Gasteiger partial charge < -0.3 is 10.5 Å². The van der Waals surface area contributed by atoms with Gasteiger partial charge in [0.25, 0.3) is 0 Å². The molecule has 3 aromatic rings. The SMILES string of the molecule is CCN(CC)S(=O)(=O)c1ccc(OC)c(/C(=C\c2n[nH]c3ccccc23)C(N)=O)c1. The molecule has 1 amide bonds. The molecule has 8 nitrogen and oxygen atoms in total. The van der Waals surface area contributed by atoms with Crippen LogP contribution in [0.4, 0.5) is 0 Å². The highest BCUT2D eigenvalue weighted by molar-refractivity contribution is 7.89. The molecule has 1 heterocycles. The van der Waals surface area contributed by atoms with Gasteiger partial charge in [-0.25, -0.2) is 8.42 Å². The molecule has 0 atom stereocenters. The highest BCUT2D eigenvalue weighted by Crippen LogP contribution is 2.32. The minimum Gasteiger partial charge on any atom is -0.496 e. The van der Waals surface area contributed by atoms with Crippen LogP contribution in [-0.2, 0) is 14.8 Å². The van der Waals surface area contributed by atoms with E-state index < -0.39 is 15.9 Å². The molecule has 0 saturated heterocycles. The minimum absolute atomic E-state index is 0.0565. The van der Waals surface area contributed by atoms with Crippen molar-refractivity contribution in [3.63, 3.8) is 0 Å². The van der Waals surface area contributed by atoms with Crippen LogP contribution < -0.4 is 10.5 Å². The third kappa shape index (κ3) is 3.94. The maximum absolute atomic E-state index is 13.0. The summed E-state index contributed by atoms with van der Waals surface area (Å²) < 4.78 is 32.6. The highest BCUT2D eigenvalue weighted by Gasteiger charge is 2.25. The Balaban J connectivity index is 2.21. The number of nitrogens with one attached hydrogen (secondary N) is 1. The lowest BCUT2D eigenvalue weighted by molar-refractivity contribution is -0.112. The van der Waals surface area contributed by atoms with Crippen molar-refractivity contribution in [2.45, 2.75) is 18.7 Å². The number of rotatable bonds is 8. The standard InChI is InChI=1S/C21H24N4O4S/c1-4-25(5-2)30(27,28)14-10-11-20(29-3)16(12-14)17(21(22)26)13-19-15-8-6-7-9-18(15)23-24-19/h6-13H,4-5H2,1-3H3,(H2,22,26)(H,23,24)/b17-13+. The van der Waals surface area contributed by atoms with Gasteiger partial charge >= 0.3 is 0 Å². The van der Waals surface area contributed by atoms with E-state index >= 15 is 0 Å². The highest BCUT2D eigenvalue weighted by atomic mass is 32.2. The van der Waals surface area contributed by atoms with Gasteiger partial charge in [-0.2, -0.15) is 9.40 Å². The number of nitrogens with two attached hydrogens (primary N) is 1. The molecule has 0 saturated carbocycles. The number of fused-ring (bicyclic) bond motifs is 1. The van der Waals surface area contributed by atoms with Crippen LogP contribution in [0.25, 0.3) is 22.6 Å². The number of amides is 1. The van der Waals surface area contributed by atoms with Gasteiger partial charge in [-0.05, 0) is 30.3 Å². The van der Waals surface area contributed by atoms with Crippen molar-refractivity contribution >= 4 is 38.5 Å². The second-order valence-corrected chi connectivity index (χ2v) is 8.47. The number of aromatic amines is 1. The van der Waals surface area contributed by atoms with Gasteiger partial charge in [-0.1, -0.05) is 32.0 Å². The van der Waals surface area contributed by atoms with E-state index in [-0.39, 0.29) is 16.0 Å². The summed E-state index contributed by atoms with van der Waals surface area (Å²) in [6.07, 6.45) is 1.53. The first-order valence-electron chi connectivity index (χ1n) is 9.46. The fourth-order valence-electron chi connectivity index (χ4n) is 3.28. The number of ether oxygens (including phenoxy) is 1. The maximum Gasteiger partial charge on any atom is 0.249 e. The lowest BCUT2D eigenvalue weighted by Crippen LogP contribution is -2.30. The average Bonchev–Trinajstić information content (AvgIpc) is 3.15. The molecular formula is C21H24N4O4S. The van der Waals surface area contributed by atoms with Gasteiger partial charge in [0, 0.05) is 24.0 Å². The first-order chi connectivity index (χ1) is 14.3. The third-order valence-electron chi connectivity index (χ3n) is 4.85. The maximum atomic E-state index is 13.0. The van der Waals surface area contributed by atoms with E-state index in [1.165, 1.54) is 35.7 Å². The summed E-state index contributed by atoms with van der Waals surface area (Å²) in [5.41, 5.74) is 7.36. The Morgan fingerprint density at radius 3 is 2.53 bits per heavy atom. The first kappa shape index (κ1) is 21.5. The number of benzene rings is 2. The lowest BCUT2D eigenvalue weighted by Gasteiger charge is -2.19. The monoisotopic (exact) mass is 428 g/mol. The summed E-state index contributed by atoms with van der Waals surface area (Å²) in [6, 6.07) is 11.8. The van der Waals surface area contributed by atoms with Crippen molar-refractivity contribution in [2.24, 2.45) is 5.73 Å². The predicted molar refractivity (Wildman–Crippen MR) is 116 cm³/mol. The zero-order valence-electron chi connectivity index (χ0n) is 17.0. The summed E-state index contributed by atoms with van der Waals surface area (Å²) in [6.45, 7) is 4.20. The Hall–Kier alpha value is -3.17. The molecule has 0 radical (unpaired) electrons. The zero-order valence-corrected chi connectivity index (χ0v) is 17.9. The number of para-hydroxylation sites is 1. The fourth-order valence-corrected chi connectivity index (χ4v) is 4.77. The molecule has 0 fully saturated rings. The number of H-pyrrole nitrogens is 1. The van der Waals surface area contributed by atoms with Crippen LogP contribution in [0.15, 0.2) is 47.4 Å². The van der Waals surface area contributed by atoms with E-state index in [4.69, 9.17) is 10.5 Å². The fraction of sp³-hybridized carbons (Fsp3) is 0.238. The van der Waals surface area contributed by atoms with Crippen LogP contribution in [0.1, 0.15) is 25.1 Å². The van der Waals surface area contributed by atoms with Gasteiger partial charge in [0.05, 0.1) is 28.8 Å². The van der Waals surface area contributed by atoms with Crippen LogP contribution in [0.3, 0.4) is 0 Å². The Labute approximate surface area is 175 Å². The van der Waals surface area contributed by atoms with E-state index in [2.05, 4.69) is 10.2 Å². The van der Waals surface area contributed by atoms with E-state index in [9.17, 15) is 13.2 Å². The molecule has 3 rings (SSSR count). The molecule has 0 aliphatic rings. The molecule has 3 N–H and O–H groups in total. The Morgan fingerprint density at radius 2 is 1.90 bits per heavy atom. The minimum atomic E-state index is -3.73. The van der Waals surface area contributed by atoms with Gasteiger partial charge in [0.2, 0.25) is 15.9 Å². The smallest absolute Gasteiger partial charge is 0.249 e. The predicted octanol–water partition coefficient (Wildman–Crippen LogP) is 2.63. The zero-order chi connectivity index (χ0) is 21.9. The number of methoxy groups -OCH3 is 1. The second-order valence-electron chi connectivity index (χ2n) is 6.53. The number of carbonyl (C=O) groups excluding carboxylic acids is 1. The summed E-state index contributed by atoms with van der Waals surface area (Å²) in [4.78, 5) is 12.4. The normalized spacial score (nSPS) is 12.5. The Morgan fingerprint density at radius 1 is 1.20 bits per heavy atom. The molecule has 2 aromatic carbocycles. The number of hydrogen-bond acceptors (Lipinski definition) is 5. The van der Waals surface area contributed by atoms with Crippen molar-refractivity contribution in [1.29, 1.82) is 0 Å². The van der Waals surface area contributed by atoms with E-state index in [1.807, 2.05) is 24.3 Å². The number of hydrogen-bond donors (Lipinski definition) is 2. The first-order valence-corrected chi connectivity index (χ1v) is 10.9. The quantitative estimate of drug-likeness (QED) is 0.535. The van der Waals surface area contributed by atoms with E-state index in [0.717, 1.165) is 10.9 Å². The van der Waals surface area contributed by atoms with Crippen LogP contribution in [0.5, 0.6) is 5.75 Å². The molecule has 0 unspecified atom stereocenters. The molecular weight excluding hydrogens is 404 g/mol. The van der Waals surface area contributed by atoms with E-state index in [1.54, 1.807) is 13.8 Å². The Kier molecular flexibility index (Phi) is 6.23. The molecule has 0 aliphatic heterocycles. The van der Waals surface area contributed by atoms with Crippen molar-refractivity contribution in [3.05, 3.63) is 53.7 Å². The molecule has 30 heavy (non-hydrogen) atoms. The van der Waals surface area contributed by atoms with Crippen molar-refractivity contribution < 1.29 is 17.9 Å². The largest absolute Gasteiger partial charge is 0.496 e. The number of aromatic nitrogens is 2. The average molecular weight is 429 g/mol. The van der Waals surface area contributed by atoms with Gasteiger partial charge in [0.15, 0.2) is 0 Å². The molecule has 0 bridgehead atoms. The van der Waals surface area contributed by atoms with Crippen LogP contribution >= 0.6 is 0 Å². The summed E-state index contributed by atoms with van der Waals surface area (Å²) >= 11 is 0. The van der Waals surface area contributed by atoms with Crippen LogP contribution in [0.2, 0.25) is 0 Å². The second kappa shape index (κ2) is 8.68. The topological polar surface area (TPSA) is 118 Å². The van der Waals surface area contributed by atoms with E-state index in [0.29, 0.717) is 24.5 Å². The Bertz CT molecular complexity index is 1210. The molecule has 0 aliphatic carbocycles. The van der Waals surface area contributed by atoms with Crippen molar-refractivity contribution in [2.75, 3.05) is 20.2 Å². The summed E-state index contributed by atoms with van der Waals surface area (Å²) in [5.74, 6) is -0.392. The third-order valence-corrected chi connectivity index (χ3v) is 6.90. The molecule has 1 aromatic heterocycles.